The minimum Gasteiger partial charge on any atom is -0.265 e. The Kier molecular flexibility index (Phi) is 4.22. The molecule has 3 aromatic rings. The quantitative estimate of drug-likeness (QED) is 0.730. The maximum absolute atomic E-state index is 14.0. The van der Waals surface area contributed by atoms with Gasteiger partial charge >= 0.3 is 0 Å². The monoisotopic (exact) mass is 342 g/mol. The summed E-state index contributed by atoms with van der Waals surface area (Å²) in [6.45, 7) is 10.1. The second-order valence-corrected chi connectivity index (χ2v) is 7.58. The molecule has 0 radical (unpaired) electrons. The van der Waals surface area contributed by atoms with Crippen LogP contribution in [0.25, 0.3) is 10.9 Å². The van der Waals surface area contributed by atoms with Crippen LogP contribution in [0.2, 0.25) is 0 Å². The number of nitrogens with zero attached hydrogens (tertiary/aromatic N) is 4. The van der Waals surface area contributed by atoms with Gasteiger partial charge in [0.15, 0.2) is 0 Å². The van der Waals surface area contributed by atoms with Gasteiger partial charge in [-0.1, -0.05) is 32.0 Å². The average Bonchev–Trinajstić information content (AvgIpc) is 2.97. The second kappa shape index (κ2) is 6.10. The van der Waals surface area contributed by atoms with Crippen LogP contribution in [0.5, 0.6) is 0 Å². The fourth-order valence-corrected chi connectivity index (χ4v) is 2.92. The summed E-state index contributed by atoms with van der Waals surface area (Å²) in [7, 11) is 0. The van der Waals surface area contributed by atoms with E-state index < -0.39 is 0 Å². The Morgan fingerprint density at radius 2 is 1.88 bits per heavy atom. The minimum absolute atomic E-state index is 0.0937. The Bertz CT molecular complexity index is 979. The van der Waals surface area contributed by atoms with Gasteiger partial charge in [-0.25, -0.2) is 9.07 Å². The third-order valence-electron chi connectivity index (χ3n) is 4.17. The molecule has 0 aliphatic rings. The van der Waals surface area contributed by atoms with E-state index in [0.717, 1.165) is 11.1 Å². The summed E-state index contributed by atoms with van der Waals surface area (Å²) in [6, 6.07) is 6.45. The van der Waals surface area contributed by atoms with Crippen LogP contribution in [0, 0.1) is 5.82 Å². The Morgan fingerprint density at radius 1 is 1.20 bits per heavy atom. The first-order chi connectivity index (χ1) is 11.7. The molecular weight excluding hydrogens is 319 g/mol. The number of benzene rings is 1. The lowest BCUT2D eigenvalue weighted by Crippen LogP contribution is -2.31. The van der Waals surface area contributed by atoms with Gasteiger partial charge in [0.2, 0.25) is 0 Å². The van der Waals surface area contributed by atoms with Crippen molar-refractivity contribution in [1.82, 2.24) is 19.6 Å². The van der Waals surface area contributed by atoms with Crippen molar-refractivity contribution >= 4 is 10.9 Å². The molecule has 0 N–H and O–H groups in total. The summed E-state index contributed by atoms with van der Waals surface area (Å²) in [5.41, 5.74) is 1.15. The van der Waals surface area contributed by atoms with Crippen molar-refractivity contribution in [3.05, 3.63) is 57.9 Å². The van der Waals surface area contributed by atoms with Gasteiger partial charge in [0.1, 0.15) is 11.3 Å². The Hall–Kier alpha value is -2.50. The van der Waals surface area contributed by atoms with E-state index in [1.165, 1.54) is 10.7 Å². The van der Waals surface area contributed by atoms with Crippen LogP contribution in [0.4, 0.5) is 4.39 Å². The lowest BCUT2D eigenvalue weighted by atomic mass is 10.1. The average molecular weight is 342 g/mol. The summed E-state index contributed by atoms with van der Waals surface area (Å²) >= 11 is 0. The van der Waals surface area contributed by atoms with Crippen molar-refractivity contribution in [2.24, 2.45) is 0 Å². The highest BCUT2D eigenvalue weighted by atomic mass is 19.1. The van der Waals surface area contributed by atoms with E-state index in [0.29, 0.717) is 11.1 Å². The van der Waals surface area contributed by atoms with E-state index in [9.17, 15) is 9.18 Å². The summed E-state index contributed by atoms with van der Waals surface area (Å²) in [5.74, 6) is -0.223. The van der Waals surface area contributed by atoms with Crippen molar-refractivity contribution in [3.63, 3.8) is 0 Å². The molecule has 3 rings (SSSR count). The molecule has 6 heteroatoms. The number of hydrogen-bond donors (Lipinski definition) is 0. The minimum atomic E-state index is -0.341. The fraction of sp³-hybridized carbons (Fsp3) is 0.421. The van der Waals surface area contributed by atoms with Crippen molar-refractivity contribution in [3.8, 4) is 0 Å². The van der Waals surface area contributed by atoms with E-state index in [2.05, 4.69) is 10.2 Å². The van der Waals surface area contributed by atoms with Gasteiger partial charge in [-0.05, 0) is 32.8 Å². The molecule has 0 amide bonds. The van der Waals surface area contributed by atoms with Gasteiger partial charge in [0.05, 0.1) is 24.0 Å². The Balaban J connectivity index is 2.28. The topological polar surface area (TPSA) is 52.7 Å². The zero-order valence-corrected chi connectivity index (χ0v) is 15.2. The first kappa shape index (κ1) is 17.3. The van der Waals surface area contributed by atoms with Crippen LogP contribution in [0.1, 0.15) is 51.8 Å². The first-order valence-electron chi connectivity index (χ1n) is 8.42. The van der Waals surface area contributed by atoms with Crippen LogP contribution in [-0.4, -0.2) is 19.6 Å². The molecule has 2 aromatic heterocycles. The van der Waals surface area contributed by atoms with Gasteiger partial charge in [-0.3, -0.25) is 9.48 Å². The molecule has 25 heavy (non-hydrogen) atoms. The van der Waals surface area contributed by atoms with Crippen molar-refractivity contribution in [2.45, 2.75) is 52.6 Å². The van der Waals surface area contributed by atoms with Crippen molar-refractivity contribution in [2.75, 3.05) is 0 Å². The molecule has 132 valence electrons. The molecule has 0 unspecified atom stereocenters. The van der Waals surface area contributed by atoms with Crippen LogP contribution < -0.4 is 5.56 Å². The zero-order valence-electron chi connectivity index (χ0n) is 15.2. The molecule has 2 heterocycles. The van der Waals surface area contributed by atoms with E-state index in [1.54, 1.807) is 29.1 Å². The molecular formula is C19H23FN4O. The highest BCUT2D eigenvalue weighted by molar-refractivity contribution is 5.80. The largest absolute Gasteiger partial charge is 0.293 e. The van der Waals surface area contributed by atoms with E-state index in [4.69, 9.17) is 0 Å². The van der Waals surface area contributed by atoms with Crippen LogP contribution in [-0.2, 0) is 12.1 Å². The normalized spacial score (nSPS) is 12.3. The van der Waals surface area contributed by atoms with Crippen LogP contribution in [0.15, 0.2) is 35.3 Å². The number of aromatic nitrogens is 4. The van der Waals surface area contributed by atoms with Crippen molar-refractivity contribution in [1.29, 1.82) is 0 Å². The van der Waals surface area contributed by atoms with Gasteiger partial charge < -0.3 is 0 Å². The predicted molar refractivity (Wildman–Crippen MR) is 96.4 cm³/mol. The molecule has 0 spiro atoms. The third-order valence-corrected chi connectivity index (χ3v) is 4.17. The van der Waals surface area contributed by atoms with E-state index in [1.807, 2.05) is 34.6 Å². The first-order valence-corrected chi connectivity index (χ1v) is 8.42. The highest BCUT2D eigenvalue weighted by Gasteiger charge is 2.23. The SMILES string of the molecule is CC(C)c1nn(Cc2ccccc2F)c(=O)c2c1cnn2C(C)(C)C. The molecule has 0 saturated carbocycles. The summed E-state index contributed by atoms with van der Waals surface area (Å²) in [4.78, 5) is 13.1. The molecule has 0 saturated heterocycles. The predicted octanol–water partition coefficient (Wildman–Crippen LogP) is 3.66. The van der Waals surface area contributed by atoms with Crippen LogP contribution >= 0.6 is 0 Å². The van der Waals surface area contributed by atoms with E-state index >= 15 is 0 Å². The second-order valence-electron chi connectivity index (χ2n) is 7.58. The summed E-state index contributed by atoms with van der Waals surface area (Å²) in [5, 5.41) is 9.70. The molecule has 0 aliphatic carbocycles. The van der Waals surface area contributed by atoms with Gasteiger partial charge in [0, 0.05) is 10.9 Å². The molecule has 0 aliphatic heterocycles. The molecule has 5 nitrogen and oxygen atoms in total. The highest BCUT2D eigenvalue weighted by Crippen LogP contribution is 2.25. The Labute approximate surface area is 146 Å². The third kappa shape index (κ3) is 3.08. The van der Waals surface area contributed by atoms with Crippen LogP contribution in [0.3, 0.4) is 0 Å². The number of fused-ring (bicyclic) bond motifs is 1. The van der Waals surface area contributed by atoms with E-state index in [-0.39, 0.29) is 29.4 Å². The smallest absolute Gasteiger partial charge is 0.265 e. The molecule has 1 aromatic carbocycles. The van der Waals surface area contributed by atoms with Crippen molar-refractivity contribution < 1.29 is 4.39 Å². The zero-order chi connectivity index (χ0) is 18.4. The summed E-state index contributed by atoms with van der Waals surface area (Å²) in [6.07, 6.45) is 1.71. The lowest BCUT2D eigenvalue weighted by molar-refractivity contribution is 0.366. The number of rotatable bonds is 3. The standard InChI is InChI=1S/C19H23FN4O/c1-12(2)16-14-10-21-24(19(3,4)5)17(14)18(25)23(22-16)11-13-8-6-7-9-15(13)20/h6-10,12H,11H2,1-5H3. The lowest BCUT2D eigenvalue weighted by Gasteiger charge is -2.21. The fourth-order valence-electron chi connectivity index (χ4n) is 2.92. The Morgan fingerprint density at radius 3 is 2.48 bits per heavy atom. The summed E-state index contributed by atoms with van der Waals surface area (Å²) < 4.78 is 17.1. The van der Waals surface area contributed by atoms with Gasteiger partial charge in [-0.15, -0.1) is 0 Å². The maximum atomic E-state index is 14.0. The number of hydrogen-bond acceptors (Lipinski definition) is 3. The molecule has 0 atom stereocenters. The van der Waals surface area contributed by atoms with Gasteiger partial charge in [-0.2, -0.15) is 10.2 Å². The molecule has 0 fully saturated rings. The maximum Gasteiger partial charge on any atom is 0.293 e. The number of halogens is 1. The van der Waals surface area contributed by atoms with Gasteiger partial charge in [0.25, 0.3) is 5.56 Å². The molecule has 0 bridgehead atoms.